The Labute approximate surface area is 147 Å². The van der Waals surface area contributed by atoms with Crippen LogP contribution in [0.3, 0.4) is 0 Å². The van der Waals surface area contributed by atoms with Crippen LogP contribution in [0.5, 0.6) is 5.75 Å². The second kappa shape index (κ2) is 7.94. The summed E-state index contributed by atoms with van der Waals surface area (Å²) >= 11 is 0. The summed E-state index contributed by atoms with van der Waals surface area (Å²) in [6.07, 6.45) is 0. The number of piperazine rings is 1. The van der Waals surface area contributed by atoms with Crippen molar-refractivity contribution in [3.05, 3.63) is 65.7 Å². The maximum atomic E-state index is 12.4. The molecule has 1 N–H and O–H groups in total. The Kier molecular flexibility index (Phi) is 5.46. The topological polar surface area (TPSA) is 51.1 Å². The lowest BCUT2D eigenvalue weighted by atomic mass is 10.1. The fourth-order valence-electron chi connectivity index (χ4n) is 3.07. The van der Waals surface area contributed by atoms with Crippen molar-refractivity contribution < 1.29 is 19.2 Å². The third-order valence-electron chi connectivity index (χ3n) is 4.60. The monoisotopic (exact) mass is 339 g/mol. The molecule has 1 fully saturated rings. The SMILES string of the molecule is COc1ccc(C(=O)C[NH+]2CCN(C(=O)c3ccccc3)CC2)cc1. The number of quaternary nitrogens is 1. The van der Waals surface area contributed by atoms with Crippen molar-refractivity contribution in [3.8, 4) is 5.75 Å². The molecule has 0 atom stereocenters. The Morgan fingerprint density at radius 3 is 2.20 bits per heavy atom. The Morgan fingerprint density at radius 2 is 1.60 bits per heavy atom. The zero-order chi connectivity index (χ0) is 17.6. The minimum Gasteiger partial charge on any atom is -0.497 e. The van der Waals surface area contributed by atoms with Crippen LogP contribution >= 0.6 is 0 Å². The maximum absolute atomic E-state index is 12.4. The van der Waals surface area contributed by atoms with E-state index in [1.165, 1.54) is 4.90 Å². The molecule has 0 bridgehead atoms. The molecule has 1 saturated heterocycles. The molecule has 5 nitrogen and oxygen atoms in total. The number of methoxy groups -OCH3 is 1. The van der Waals surface area contributed by atoms with Gasteiger partial charge in [0.2, 0.25) is 5.78 Å². The van der Waals surface area contributed by atoms with Crippen molar-refractivity contribution in [3.63, 3.8) is 0 Å². The summed E-state index contributed by atoms with van der Waals surface area (Å²) in [6, 6.07) is 16.6. The highest BCUT2D eigenvalue weighted by atomic mass is 16.5. The molecule has 1 amide bonds. The van der Waals surface area contributed by atoms with Gasteiger partial charge in [-0.05, 0) is 36.4 Å². The molecule has 0 saturated carbocycles. The van der Waals surface area contributed by atoms with Crippen LogP contribution in [-0.4, -0.2) is 56.4 Å². The third-order valence-corrected chi connectivity index (χ3v) is 4.60. The maximum Gasteiger partial charge on any atom is 0.254 e. The number of carbonyl (C=O) groups is 2. The van der Waals surface area contributed by atoms with E-state index in [1.807, 2.05) is 35.2 Å². The van der Waals surface area contributed by atoms with Crippen LogP contribution < -0.4 is 9.64 Å². The summed E-state index contributed by atoms with van der Waals surface area (Å²) in [5.41, 5.74) is 1.43. The van der Waals surface area contributed by atoms with Gasteiger partial charge < -0.3 is 14.5 Å². The number of hydrogen-bond donors (Lipinski definition) is 1. The first-order valence-electron chi connectivity index (χ1n) is 8.52. The Hall–Kier alpha value is -2.66. The summed E-state index contributed by atoms with van der Waals surface area (Å²) in [5, 5.41) is 0. The molecule has 0 radical (unpaired) electrons. The van der Waals surface area contributed by atoms with Gasteiger partial charge in [0.05, 0.1) is 33.3 Å². The molecule has 0 unspecified atom stereocenters. The molecule has 1 aliphatic rings. The van der Waals surface area contributed by atoms with E-state index in [0.29, 0.717) is 25.2 Å². The number of ether oxygens (including phenoxy) is 1. The van der Waals surface area contributed by atoms with Crippen LogP contribution in [0.25, 0.3) is 0 Å². The smallest absolute Gasteiger partial charge is 0.254 e. The van der Waals surface area contributed by atoms with Gasteiger partial charge in [-0.25, -0.2) is 0 Å². The van der Waals surface area contributed by atoms with Crippen LogP contribution in [0.15, 0.2) is 54.6 Å². The van der Waals surface area contributed by atoms with E-state index in [-0.39, 0.29) is 11.7 Å². The molecule has 0 aromatic heterocycles. The van der Waals surface area contributed by atoms with Gasteiger partial charge in [0.25, 0.3) is 5.91 Å². The van der Waals surface area contributed by atoms with E-state index in [4.69, 9.17) is 4.74 Å². The summed E-state index contributed by atoms with van der Waals surface area (Å²) < 4.78 is 5.12. The van der Waals surface area contributed by atoms with Gasteiger partial charge in [0, 0.05) is 11.1 Å². The summed E-state index contributed by atoms with van der Waals surface area (Å²) in [7, 11) is 1.61. The van der Waals surface area contributed by atoms with E-state index in [0.717, 1.165) is 24.4 Å². The average molecular weight is 339 g/mol. The van der Waals surface area contributed by atoms with Crippen LogP contribution in [-0.2, 0) is 0 Å². The lowest BCUT2D eigenvalue weighted by Crippen LogP contribution is -3.15. The summed E-state index contributed by atoms with van der Waals surface area (Å²) in [6.45, 7) is 3.40. The molecule has 25 heavy (non-hydrogen) atoms. The number of carbonyl (C=O) groups excluding carboxylic acids is 2. The van der Waals surface area contributed by atoms with Crippen LogP contribution in [0.4, 0.5) is 0 Å². The first kappa shape index (κ1) is 17.2. The van der Waals surface area contributed by atoms with Gasteiger partial charge in [-0.3, -0.25) is 9.59 Å². The number of amides is 1. The number of Topliss-reactive ketones (excluding diaryl/α,β-unsaturated/α-hetero) is 1. The molecule has 5 heteroatoms. The first-order valence-corrected chi connectivity index (χ1v) is 8.52. The average Bonchev–Trinajstić information content (AvgIpc) is 2.68. The highest BCUT2D eigenvalue weighted by molar-refractivity contribution is 5.97. The predicted molar refractivity (Wildman–Crippen MR) is 95.2 cm³/mol. The zero-order valence-electron chi connectivity index (χ0n) is 14.4. The Bertz CT molecular complexity index is 720. The molecule has 1 aliphatic heterocycles. The summed E-state index contributed by atoms with van der Waals surface area (Å²) in [5.74, 6) is 0.943. The number of rotatable bonds is 5. The van der Waals surface area contributed by atoms with E-state index in [2.05, 4.69) is 0 Å². The van der Waals surface area contributed by atoms with E-state index < -0.39 is 0 Å². The summed E-state index contributed by atoms with van der Waals surface area (Å²) in [4.78, 5) is 27.9. The van der Waals surface area contributed by atoms with Crippen molar-refractivity contribution in [2.24, 2.45) is 0 Å². The highest BCUT2D eigenvalue weighted by Gasteiger charge is 2.26. The molecule has 2 aromatic rings. The minimum absolute atomic E-state index is 0.0705. The van der Waals surface area contributed by atoms with Crippen LogP contribution in [0.1, 0.15) is 20.7 Å². The predicted octanol–water partition coefficient (Wildman–Crippen LogP) is 0.919. The fourth-order valence-corrected chi connectivity index (χ4v) is 3.07. The van der Waals surface area contributed by atoms with Gasteiger partial charge in [-0.1, -0.05) is 18.2 Å². The van der Waals surface area contributed by atoms with E-state index in [9.17, 15) is 9.59 Å². The van der Waals surface area contributed by atoms with Crippen LogP contribution in [0.2, 0.25) is 0 Å². The van der Waals surface area contributed by atoms with E-state index >= 15 is 0 Å². The minimum atomic E-state index is 0.0705. The van der Waals surface area contributed by atoms with Gasteiger partial charge in [0.1, 0.15) is 12.3 Å². The van der Waals surface area contributed by atoms with Gasteiger partial charge >= 0.3 is 0 Å². The molecule has 1 heterocycles. The lowest BCUT2D eigenvalue weighted by Gasteiger charge is -2.32. The number of nitrogens with zero attached hydrogens (tertiary/aromatic N) is 1. The second-order valence-corrected chi connectivity index (χ2v) is 6.24. The van der Waals surface area contributed by atoms with Crippen molar-refractivity contribution in [2.45, 2.75) is 0 Å². The largest absolute Gasteiger partial charge is 0.497 e. The fraction of sp³-hybridized carbons (Fsp3) is 0.300. The van der Waals surface area contributed by atoms with Gasteiger partial charge in [0.15, 0.2) is 0 Å². The third kappa shape index (κ3) is 4.25. The highest BCUT2D eigenvalue weighted by Crippen LogP contribution is 2.11. The standard InChI is InChI=1S/C20H22N2O3/c1-25-18-9-7-16(8-10-18)19(23)15-21-11-13-22(14-12-21)20(24)17-5-3-2-4-6-17/h2-10H,11-15H2,1H3/p+1. The lowest BCUT2D eigenvalue weighted by molar-refractivity contribution is -0.895. The van der Waals surface area contributed by atoms with Crippen molar-refractivity contribution in [1.82, 2.24) is 4.90 Å². The first-order chi connectivity index (χ1) is 12.2. The van der Waals surface area contributed by atoms with Crippen LogP contribution in [0, 0.1) is 0 Å². The van der Waals surface area contributed by atoms with Crippen molar-refractivity contribution >= 4 is 11.7 Å². The van der Waals surface area contributed by atoms with Gasteiger partial charge in [-0.2, -0.15) is 0 Å². The molecular formula is C20H23N2O3+. The molecule has 3 rings (SSSR count). The molecule has 2 aromatic carbocycles. The van der Waals surface area contributed by atoms with Gasteiger partial charge in [-0.15, -0.1) is 0 Å². The van der Waals surface area contributed by atoms with E-state index in [1.54, 1.807) is 31.4 Å². The number of hydrogen-bond acceptors (Lipinski definition) is 3. The zero-order valence-corrected chi connectivity index (χ0v) is 14.4. The molecular weight excluding hydrogens is 316 g/mol. The van der Waals surface area contributed by atoms with Crippen molar-refractivity contribution in [1.29, 1.82) is 0 Å². The number of ketones is 1. The molecule has 130 valence electrons. The Morgan fingerprint density at radius 1 is 0.960 bits per heavy atom. The molecule has 0 spiro atoms. The number of benzene rings is 2. The quantitative estimate of drug-likeness (QED) is 0.824. The second-order valence-electron chi connectivity index (χ2n) is 6.24. The molecule has 0 aliphatic carbocycles. The number of nitrogens with one attached hydrogen (secondary N) is 1. The Balaban J connectivity index is 1.52. The van der Waals surface area contributed by atoms with Crippen molar-refractivity contribution in [2.75, 3.05) is 39.8 Å². The normalized spacial score (nSPS) is 15.0.